The topological polar surface area (TPSA) is 49.4 Å². The Labute approximate surface area is 106 Å². The minimum absolute atomic E-state index is 0.579. The molecule has 15 heavy (non-hydrogen) atoms. The first-order valence-corrected chi connectivity index (χ1v) is 8.44. The maximum absolute atomic E-state index is 11.7. The van der Waals surface area contributed by atoms with Gasteiger partial charge in [0.15, 0.2) is 0 Å². The van der Waals surface area contributed by atoms with Crippen LogP contribution >= 0.6 is 22.6 Å². The second-order valence-electron chi connectivity index (χ2n) is 3.76. The number of alkyl halides is 1. The van der Waals surface area contributed by atoms with Crippen molar-refractivity contribution in [2.24, 2.45) is 0 Å². The zero-order valence-corrected chi connectivity index (χ0v) is 11.9. The van der Waals surface area contributed by atoms with E-state index in [1.807, 2.05) is 0 Å². The fourth-order valence-corrected chi connectivity index (χ4v) is 3.48. The summed E-state index contributed by atoms with van der Waals surface area (Å²) in [5.41, 5.74) is 0. The Hall–Kier alpha value is 0.600. The van der Waals surface area contributed by atoms with E-state index < -0.39 is 10.2 Å². The van der Waals surface area contributed by atoms with Crippen LogP contribution in [0.1, 0.15) is 32.1 Å². The van der Waals surface area contributed by atoms with E-state index in [9.17, 15) is 8.42 Å². The summed E-state index contributed by atoms with van der Waals surface area (Å²) in [6.45, 7) is 1.95. The fraction of sp³-hybridized carbons (Fsp3) is 1.00. The summed E-state index contributed by atoms with van der Waals surface area (Å²) in [7, 11) is -3.17. The lowest BCUT2D eigenvalue weighted by molar-refractivity contribution is 0.463. The zero-order valence-electron chi connectivity index (χ0n) is 8.91. The van der Waals surface area contributed by atoms with E-state index in [0.717, 1.165) is 30.1 Å². The summed E-state index contributed by atoms with van der Waals surface area (Å²) in [6.07, 6.45) is 5.21. The molecule has 0 bridgehead atoms. The van der Waals surface area contributed by atoms with E-state index in [0.29, 0.717) is 19.6 Å². The average molecular weight is 346 g/mol. The van der Waals surface area contributed by atoms with Crippen molar-refractivity contribution in [1.29, 1.82) is 0 Å². The molecule has 0 aromatic rings. The van der Waals surface area contributed by atoms with Gasteiger partial charge in [0.2, 0.25) is 0 Å². The van der Waals surface area contributed by atoms with E-state index in [2.05, 4.69) is 27.3 Å². The number of nitrogens with one attached hydrogen (secondary N) is 1. The molecule has 1 saturated heterocycles. The number of hydrogen-bond donors (Lipinski definition) is 1. The van der Waals surface area contributed by atoms with E-state index in [1.54, 1.807) is 4.31 Å². The second-order valence-corrected chi connectivity index (χ2v) is 6.59. The van der Waals surface area contributed by atoms with Crippen LogP contribution in [0.2, 0.25) is 0 Å². The van der Waals surface area contributed by atoms with Crippen LogP contribution in [0.4, 0.5) is 0 Å². The Balaban J connectivity index is 2.18. The van der Waals surface area contributed by atoms with Gasteiger partial charge in [-0.2, -0.15) is 12.7 Å². The smallest absolute Gasteiger partial charge is 0.202 e. The summed E-state index contributed by atoms with van der Waals surface area (Å²) in [4.78, 5) is 0. The van der Waals surface area contributed by atoms with Crippen LogP contribution in [0.25, 0.3) is 0 Å². The number of nitrogens with zero attached hydrogens (tertiary/aromatic N) is 1. The Morgan fingerprint density at radius 2 is 1.80 bits per heavy atom. The number of halogens is 1. The average Bonchev–Trinajstić information content (AvgIpc) is 2.70. The first-order valence-electron chi connectivity index (χ1n) is 5.47. The summed E-state index contributed by atoms with van der Waals surface area (Å²) >= 11 is 2.34. The molecule has 1 aliphatic heterocycles. The third-order valence-corrected chi connectivity index (χ3v) is 4.88. The molecule has 1 heterocycles. The highest BCUT2D eigenvalue weighted by Crippen LogP contribution is 2.11. The van der Waals surface area contributed by atoms with E-state index in [-0.39, 0.29) is 0 Å². The van der Waals surface area contributed by atoms with Gasteiger partial charge < -0.3 is 0 Å². The number of hydrogen-bond acceptors (Lipinski definition) is 2. The summed E-state index contributed by atoms with van der Waals surface area (Å²) in [5, 5.41) is 0. The molecular formula is C9H19IN2O2S. The summed E-state index contributed by atoms with van der Waals surface area (Å²) in [5.74, 6) is 0. The van der Waals surface area contributed by atoms with Gasteiger partial charge in [-0.1, -0.05) is 29.0 Å². The molecule has 0 saturated carbocycles. The molecule has 1 N–H and O–H groups in total. The van der Waals surface area contributed by atoms with Gasteiger partial charge in [0, 0.05) is 19.6 Å². The van der Waals surface area contributed by atoms with Crippen LogP contribution in [0, 0.1) is 0 Å². The van der Waals surface area contributed by atoms with Gasteiger partial charge in [0.25, 0.3) is 10.2 Å². The number of unbranched alkanes of at least 4 members (excludes halogenated alkanes) is 2. The Morgan fingerprint density at radius 3 is 2.40 bits per heavy atom. The largest absolute Gasteiger partial charge is 0.279 e. The van der Waals surface area contributed by atoms with Crippen molar-refractivity contribution >= 4 is 32.8 Å². The summed E-state index contributed by atoms with van der Waals surface area (Å²) in [6, 6.07) is 0. The molecule has 0 atom stereocenters. The van der Waals surface area contributed by atoms with Crippen molar-refractivity contribution in [3.63, 3.8) is 0 Å². The third kappa shape index (κ3) is 4.97. The van der Waals surface area contributed by atoms with Crippen molar-refractivity contribution in [2.75, 3.05) is 24.1 Å². The molecule has 4 nitrogen and oxygen atoms in total. The predicted octanol–water partition coefficient (Wildman–Crippen LogP) is 1.52. The highest BCUT2D eigenvalue weighted by Gasteiger charge is 2.24. The molecule has 1 aliphatic rings. The van der Waals surface area contributed by atoms with Gasteiger partial charge in [0.1, 0.15) is 0 Å². The Morgan fingerprint density at radius 1 is 1.13 bits per heavy atom. The highest BCUT2D eigenvalue weighted by molar-refractivity contribution is 14.1. The van der Waals surface area contributed by atoms with Gasteiger partial charge in [-0.05, 0) is 30.1 Å². The Kier molecular flexibility index (Phi) is 6.40. The fourth-order valence-electron chi connectivity index (χ4n) is 1.62. The lowest BCUT2D eigenvalue weighted by atomic mass is 10.3. The van der Waals surface area contributed by atoms with Crippen LogP contribution in [0.15, 0.2) is 0 Å². The van der Waals surface area contributed by atoms with Crippen LogP contribution in [0.3, 0.4) is 0 Å². The molecular weight excluding hydrogens is 327 g/mol. The first-order chi connectivity index (χ1) is 7.17. The van der Waals surface area contributed by atoms with Gasteiger partial charge in [-0.15, -0.1) is 0 Å². The first kappa shape index (κ1) is 13.7. The minimum Gasteiger partial charge on any atom is -0.202 e. The summed E-state index contributed by atoms with van der Waals surface area (Å²) < 4.78 is 28.7. The molecule has 0 aromatic heterocycles. The molecule has 0 unspecified atom stereocenters. The predicted molar refractivity (Wildman–Crippen MR) is 70.5 cm³/mol. The van der Waals surface area contributed by atoms with E-state index in [1.165, 1.54) is 6.42 Å². The van der Waals surface area contributed by atoms with Crippen LogP contribution in [0.5, 0.6) is 0 Å². The molecule has 0 spiro atoms. The van der Waals surface area contributed by atoms with Crippen LogP contribution in [-0.4, -0.2) is 36.8 Å². The van der Waals surface area contributed by atoms with Crippen molar-refractivity contribution < 1.29 is 8.42 Å². The van der Waals surface area contributed by atoms with Gasteiger partial charge in [-0.25, -0.2) is 4.72 Å². The van der Waals surface area contributed by atoms with Crippen LogP contribution < -0.4 is 4.72 Å². The highest BCUT2D eigenvalue weighted by atomic mass is 127. The molecule has 6 heteroatoms. The molecule has 0 aliphatic carbocycles. The van der Waals surface area contributed by atoms with Gasteiger partial charge in [-0.3, -0.25) is 0 Å². The normalized spacial score (nSPS) is 18.5. The molecule has 1 fully saturated rings. The lowest BCUT2D eigenvalue weighted by Crippen LogP contribution is -2.39. The molecule has 1 rings (SSSR count). The molecule has 90 valence electrons. The van der Waals surface area contributed by atoms with Crippen molar-refractivity contribution in [1.82, 2.24) is 9.03 Å². The standard InChI is InChI=1S/C9H19IN2O2S/c10-6-2-1-3-7-11-15(13,14)12-8-4-5-9-12/h11H,1-9H2. The van der Waals surface area contributed by atoms with E-state index in [4.69, 9.17) is 0 Å². The monoisotopic (exact) mass is 346 g/mol. The van der Waals surface area contributed by atoms with E-state index >= 15 is 0 Å². The van der Waals surface area contributed by atoms with Crippen molar-refractivity contribution in [2.45, 2.75) is 32.1 Å². The Bertz CT molecular complexity index is 263. The lowest BCUT2D eigenvalue weighted by Gasteiger charge is -2.15. The number of rotatable bonds is 7. The van der Waals surface area contributed by atoms with Gasteiger partial charge >= 0.3 is 0 Å². The molecule has 0 aromatic carbocycles. The quantitative estimate of drug-likeness (QED) is 0.432. The second kappa shape index (κ2) is 7.03. The minimum atomic E-state index is -3.17. The zero-order chi connectivity index (χ0) is 11.1. The SMILES string of the molecule is O=S(=O)(NCCCCCI)N1CCCC1. The maximum atomic E-state index is 11.7. The van der Waals surface area contributed by atoms with Crippen molar-refractivity contribution in [3.8, 4) is 0 Å². The maximum Gasteiger partial charge on any atom is 0.279 e. The van der Waals surface area contributed by atoms with Crippen LogP contribution in [-0.2, 0) is 10.2 Å². The van der Waals surface area contributed by atoms with Crippen molar-refractivity contribution in [3.05, 3.63) is 0 Å². The molecule has 0 amide bonds. The van der Waals surface area contributed by atoms with Gasteiger partial charge in [0.05, 0.1) is 0 Å². The third-order valence-electron chi connectivity index (χ3n) is 2.50. The molecule has 0 radical (unpaired) electrons.